The zero-order valence-corrected chi connectivity index (χ0v) is 19.9. The lowest BCUT2D eigenvalue weighted by molar-refractivity contribution is -0.134. The highest BCUT2D eigenvalue weighted by molar-refractivity contribution is 6.01. The van der Waals surface area contributed by atoms with Crippen LogP contribution in [0.15, 0.2) is 48.9 Å². The fourth-order valence-electron chi connectivity index (χ4n) is 5.51. The van der Waals surface area contributed by atoms with Crippen molar-refractivity contribution in [1.29, 1.82) is 0 Å². The summed E-state index contributed by atoms with van der Waals surface area (Å²) in [5.74, 6) is -1.75. The highest BCUT2D eigenvalue weighted by Gasteiger charge is 2.50. The molecule has 2 N–H and O–H groups in total. The van der Waals surface area contributed by atoms with Gasteiger partial charge in [0.2, 0.25) is 11.8 Å². The summed E-state index contributed by atoms with van der Waals surface area (Å²) in [5, 5.41) is 14.5. The molecule has 2 fully saturated rings. The van der Waals surface area contributed by atoms with E-state index in [2.05, 4.69) is 20.2 Å². The lowest BCUT2D eigenvalue weighted by Gasteiger charge is -2.50. The molecule has 35 heavy (non-hydrogen) atoms. The molecule has 0 aliphatic carbocycles. The Morgan fingerprint density at radius 2 is 1.97 bits per heavy atom. The molecule has 2 aliphatic heterocycles. The number of amides is 2. The van der Waals surface area contributed by atoms with Gasteiger partial charge in [-0.1, -0.05) is 19.9 Å². The normalized spacial score (nSPS) is 25.0. The highest BCUT2D eigenvalue weighted by atomic mass is 19.1. The van der Waals surface area contributed by atoms with Gasteiger partial charge in [0.15, 0.2) is 0 Å². The minimum atomic E-state index is -1.37. The maximum atomic E-state index is 16.0. The first kappa shape index (κ1) is 23.5. The first-order valence-electron chi connectivity index (χ1n) is 11.9. The van der Waals surface area contributed by atoms with E-state index < -0.39 is 22.8 Å². The maximum absolute atomic E-state index is 16.0. The number of carbonyl (C=O) groups excluding carboxylic acids is 2. The number of pyridine rings is 2. The van der Waals surface area contributed by atoms with Gasteiger partial charge in [0.05, 0.1) is 17.0 Å². The van der Waals surface area contributed by atoms with Crippen LogP contribution in [0, 0.1) is 11.2 Å². The van der Waals surface area contributed by atoms with Crippen LogP contribution in [0.1, 0.15) is 55.7 Å². The van der Waals surface area contributed by atoms with Crippen LogP contribution in [0.5, 0.6) is 0 Å². The molecular weight excluding hydrogens is 447 g/mol. The van der Waals surface area contributed by atoms with Crippen LogP contribution in [0.25, 0.3) is 10.9 Å². The molecule has 7 nitrogen and oxygen atoms in total. The summed E-state index contributed by atoms with van der Waals surface area (Å²) in [7, 11) is 0. The van der Waals surface area contributed by atoms with E-state index in [1.165, 1.54) is 0 Å². The Morgan fingerprint density at radius 1 is 1.20 bits per heavy atom. The number of hydrogen-bond donors (Lipinski definition) is 2. The van der Waals surface area contributed by atoms with Gasteiger partial charge in [-0.05, 0) is 48.2 Å². The van der Waals surface area contributed by atoms with E-state index in [9.17, 15) is 14.7 Å². The number of aliphatic hydroxyl groups is 1. The van der Waals surface area contributed by atoms with Crippen molar-refractivity contribution in [2.24, 2.45) is 5.41 Å². The molecule has 2 saturated heterocycles. The van der Waals surface area contributed by atoms with Crippen molar-refractivity contribution < 1.29 is 19.1 Å². The average molecular weight is 477 g/mol. The first-order chi connectivity index (χ1) is 16.7. The first-order valence-corrected chi connectivity index (χ1v) is 11.9. The van der Waals surface area contributed by atoms with Crippen LogP contribution < -0.4 is 5.32 Å². The minimum Gasteiger partial charge on any atom is -0.384 e. The van der Waals surface area contributed by atoms with Gasteiger partial charge in [-0.3, -0.25) is 29.8 Å². The van der Waals surface area contributed by atoms with E-state index in [-0.39, 0.29) is 29.2 Å². The molecule has 2 aromatic heterocycles. The van der Waals surface area contributed by atoms with E-state index in [0.29, 0.717) is 37.0 Å². The van der Waals surface area contributed by atoms with Crippen LogP contribution in [-0.2, 0) is 21.7 Å². The van der Waals surface area contributed by atoms with Gasteiger partial charge in [-0.15, -0.1) is 0 Å². The summed E-state index contributed by atoms with van der Waals surface area (Å²) >= 11 is 0. The Hall–Kier alpha value is -3.23. The third-order valence-electron chi connectivity index (χ3n) is 7.59. The smallest absolute Gasteiger partial charge is 0.234 e. The predicted octanol–water partition coefficient (Wildman–Crippen LogP) is 3.41. The third kappa shape index (κ3) is 4.21. The lowest BCUT2D eigenvalue weighted by Crippen LogP contribution is -2.55. The second kappa shape index (κ2) is 8.77. The maximum Gasteiger partial charge on any atom is 0.234 e. The molecular formula is C27H29FN4O3. The van der Waals surface area contributed by atoms with E-state index in [0.717, 1.165) is 12.1 Å². The van der Waals surface area contributed by atoms with Gasteiger partial charge >= 0.3 is 0 Å². The summed E-state index contributed by atoms with van der Waals surface area (Å²) in [5.41, 5.74) is 0.424. The van der Waals surface area contributed by atoms with Gasteiger partial charge in [-0.25, -0.2) is 4.39 Å². The van der Waals surface area contributed by atoms with E-state index in [4.69, 9.17) is 0 Å². The monoisotopic (exact) mass is 476 g/mol. The molecule has 5 rings (SSSR count). The SMILES string of the molecule is CC1(C)CN(Cc2ccncc2)CC[C@@]1(O)c1ccc2ncc(C3CCC(=O)NC3=O)cc2c1F. The quantitative estimate of drug-likeness (QED) is 0.561. The van der Waals surface area contributed by atoms with Gasteiger partial charge in [0.25, 0.3) is 0 Å². The number of benzene rings is 1. The minimum absolute atomic E-state index is 0.237. The average Bonchev–Trinajstić information content (AvgIpc) is 2.82. The molecule has 2 amide bonds. The van der Waals surface area contributed by atoms with Crippen molar-refractivity contribution in [1.82, 2.24) is 20.2 Å². The topological polar surface area (TPSA) is 95.4 Å². The van der Waals surface area contributed by atoms with Crippen LogP contribution >= 0.6 is 0 Å². The summed E-state index contributed by atoms with van der Waals surface area (Å²) in [4.78, 5) is 34.6. The number of aromatic nitrogens is 2. The van der Waals surface area contributed by atoms with Crippen molar-refractivity contribution in [2.45, 2.75) is 51.2 Å². The number of carbonyl (C=O) groups is 2. The zero-order chi connectivity index (χ0) is 24.8. The molecule has 1 unspecified atom stereocenters. The number of piperidine rings is 2. The summed E-state index contributed by atoms with van der Waals surface area (Å²) in [6.45, 7) is 5.88. The summed E-state index contributed by atoms with van der Waals surface area (Å²) in [6.07, 6.45) is 6.08. The van der Waals surface area contributed by atoms with E-state index >= 15 is 4.39 Å². The van der Waals surface area contributed by atoms with Crippen molar-refractivity contribution in [3.63, 3.8) is 0 Å². The number of nitrogens with zero attached hydrogens (tertiary/aromatic N) is 3. The molecule has 4 heterocycles. The molecule has 0 spiro atoms. The largest absolute Gasteiger partial charge is 0.384 e. The van der Waals surface area contributed by atoms with Crippen LogP contribution in [0.4, 0.5) is 4.39 Å². The number of fused-ring (bicyclic) bond motifs is 1. The number of halogens is 1. The molecule has 8 heteroatoms. The molecule has 2 atom stereocenters. The van der Waals surface area contributed by atoms with Crippen molar-refractivity contribution in [3.05, 3.63) is 71.4 Å². The van der Waals surface area contributed by atoms with E-state index in [1.807, 2.05) is 26.0 Å². The van der Waals surface area contributed by atoms with Crippen molar-refractivity contribution in [2.75, 3.05) is 13.1 Å². The molecule has 0 radical (unpaired) electrons. The van der Waals surface area contributed by atoms with Crippen LogP contribution in [0.2, 0.25) is 0 Å². The van der Waals surface area contributed by atoms with Gasteiger partial charge in [-0.2, -0.15) is 0 Å². The Labute approximate surface area is 203 Å². The molecule has 2 aliphatic rings. The third-order valence-corrected chi connectivity index (χ3v) is 7.59. The van der Waals surface area contributed by atoms with Crippen LogP contribution in [-0.4, -0.2) is 44.9 Å². The fourth-order valence-corrected chi connectivity index (χ4v) is 5.51. The molecule has 0 bridgehead atoms. The van der Waals surface area contributed by atoms with Crippen molar-refractivity contribution >= 4 is 22.7 Å². The Kier molecular flexibility index (Phi) is 5.89. The molecule has 182 valence electrons. The Balaban J connectivity index is 1.46. The molecule has 0 saturated carbocycles. The fraction of sp³-hybridized carbons (Fsp3) is 0.407. The number of imide groups is 1. The Bertz CT molecular complexity index is 1300. The summed E-state index contributed by atoms with van der Waals surface area (Å²) < 4.78 is 16.0. The lowest BCUT2D eigenvalue weighted by atomic mass is 9.66. The second-order valence-electron chi connectivity index (χ2n) is 10.3. The number of hydrogen-bond acceptors (Lipinski definition) is 6. The second-order valence-corrected chi connectivity index (χ2v) is 10.3. The van der Waals surface area contributed by atoms with Gasteiger partial charge in [0, 0.05) is 61.0 Å². The highest BCUT2D eigenvalue weighted by Crippen LogP contribution is 2.48. The van der Waals surface area contributed by atoms with Crippen molar-refractivity contribution in [3.8, 4) is 0 Å². The summed E-state index contributed by atoms with van der Waals surface area (Å²) in [6, 6.07) is 8.94. The molecule has 3 aromatic rings. The predicted molar refractivity (Wildman–Crippen MR) is 129 cm³/mol. The number of rotatable bonds is 4. The number of nitrogens with one attached hydrogen (secondary N) is 1. The van der Waals surface area contributed by atoms with Gasteiger partial charge < -0.3 is 5.11 Å². The standard InChI is InChI=1S/C27H29FN4O3/c1-26(2)16-32(15-17-7-10-29-11-8-17)12-9-27(26,35)21-4-5-22-20(24(21)28)13-18(14-30-22)19-3-6-23(33)31-25(19)34/h4-5,7-8,10-11,13-14,19,35H,3,6,9,12,15-16H2,1-2H3,(H,31,33,34)/t19?,27-/m1/s1. The number of likely N-dealkylation sites (tertiary alicyclic amines) is 1. The molecule has 1 aromatic carbocycles. The Morgan fingerprint density at radius 3 is 2.69 bits per heavy atom. The zero-order valence-electron chi connectivity index (χ0n) is 19.9. The van der Waals surface area contributed by atoms with Crippen LogP contribution in [0.3, 0.4) is 0 Å². The van der Waals surface area contributed by atoms with Gasteiger partial charge in [0.1, 0.15) is 5.82 Å². The van der Waals surface area contributed by atoms with E-state index in [1.54, 1.807) is 36.8 Å².